The molecule has 31 heavy (non-hydrogen) atoms. The number of nitrogens with zero attached hydrogens (tertiary/aromatic N) is 2. The predicted molar refractivity (Wildman–Crippen MR) is 114 cm³/mol. The van der Waals surface area contributed by atoms with E-state index in [9.17, 15) is 14.4 Å². The normalized spacial score (nSPS) is 13.3. The second-order valence-electron chi connectivity index (χ2n) is 6.90. The lowest BCUT2D eigenvalue weighted by atomic mass is 10.2. The number of carbonyl (C=O) groups excluding carboxylic acids is 3. The Balaban J connectivity index is 1.31. The Labute approximate surface area is 182 Å². The highest BCUT2D eigenvalue weighted by molar-refractivity contribution is 7.15. The second kappa shape index (κ2) is 9.11. The summed E-state index contributed by atoms with van der Waals surface area (Å²) >= 11 is 1.40. The van der Waals surface area contributed by atoms with Crippen molar-refractivity contribution in [1.29, 1.82) is 0 Å². The zero-order valence-corrected chi connectivity index (χ0v) is 17.5. The lowest BCUT2D eigenvalue weighted by Gasteiger charge is -2.25. The van der Waals surface area contributed by atoms with Gasteiger partial charge < -0.3 is 14.5 Å². The molecule has 3 heterocycles. The van der Waals surface area contributed by atoms with Crippen LogP contribution in [0.1, 0.15) is 31.5 Å². The number of fused-ring (bicyclic) bond motifs is 1. The van der Waals surface area contributed by atoms with Crippen molar-refractivity contribution in [3.63, 3.8) is 0 Å². The number of esters is 1. The maximum absolute atomic E-state index is 12.4. The predicted octanol–water partition coefficient (Wildman–Crippen LogP) is 2.77. The van der Waals surface area contributed by atoms with E-state index < -0.39 is 5.97 Å². The number of amides is 2. The molecule has 10 heteroatoms. The molecule has 0 radical (unpaired) electrons. The van der Waals surface area contributed by atoms with Crippen molar-refractivity contribution in [1.82, 2.24) is 9.88 Å². The molecule has 2 amide bonds. The summed E-state index contributed by atoms with van der Waals surface area (Å²) < 4.78 is 9.76. The summed E-state index contributed by atoms with van der Waals surface area (Å²) in [7, 11) is 1.32. The number of hydrogen-bond donors (Lipinski definition) is 2. The number of carbonyl (C=O) groups is 3. The third-order valence-corrected chi connectivity index (χ3v) is 5.73. The molecule has 3 aromatic rings. The zero-order valence-electron chi connectivity index (χ0n) is 16.7. The van der Waals surface area contributed by atoms with Gasteiger partial charge in [-0.25, -0.2) is 9.78 Å². The molecule has 4 rings (SSSR count). The number of methoxy groups -OCH3 is 1. The molecule has 0 atom stereocenters. The number of anilines is 2. The van der Waals surface area contributed by atoms with E-state index in [4.69, 9.17) is 4.42 Å². The number of ether oxygens (including phenoxy) is 1. The largest absolute Gasteiger partial charge is 0.465 e. The number of benzene rings is 1. The maximum Gasteiger partial charge on any atom is 0.337 e. The highest BCUT2D eigenvalue weighted by Gasteiger charge is 2.23. The SMILES string of the molecule is COC(=O)c1ccc(NC(=O)CN2CCc3nc(NC(=O)c4ccco4)sc3C2)cc1. The minimum absolute atomic E-state index is 0.148. The summed E-state index contributed by atoms with van der Waals surface area (Å²) in [5.74, 6) is -0.687. The van der Waals surface area contributed by atoms with Crippen LogP contribution in [-0.2, 0) is 22.5 Å². The van der Waals surface area contributed by atoms with E-state index in [1.807, 2.05) is 4.90 Å². The van der Waals surface area contributed by atoms with Crippen molar-refractivity contribution in [2.75, 3.05) is 30.8 Å². The monoisotopic (exact) mass is 440 g/mol. The van der Waals surface area contributed by atoms with Gasteiger partial charge in [-0.2, -0.15) is 0 Å². The average Bonchev–Trinajstić information content (AvgIpc) is 3.43. The number of hydrogen-bond acceptors (Lipinski definition) is 8. The molecule has 2 N–H and O–H groups in total. The van der Waals surface area contributed by atoms with E-state index in [1.54, 1.807) is 36.4 Å². The molecule has 0 fully saturated rings. The molecule has 0 spiro atoms. The first-order chi connectivity index (χ1) is 15.0. The molecule has 1 aliphatic rings. The van der Waals surface area contributed by atoms with Crippen molar-refractivity contribution < 1.29 is 23.5 Å². The van der Waals surface area contributed by atoms with Gasteiger partial charge in [0, 0.05) is 30.1 Å². The Morgan fingerprint density at radius 1 is 1.19 bits per heavy atom. The second-order valence-corrected chi connectivity index (χ2v) is 7.98. The van der Waals surface area contributed by atoms with Crippen LogP contribution in [0.25, 0.3) is 0 Å². The summed E-state index contributed by atoms with van der Waals surface area (Å²) in [6, 6.07) is 9.77. The number of rotatable bonds is 6. The Morgan fingerprint density at radius 2 is 2.00 bits per heavy atom. The summed E-state index contributed by atoms with van der Waals surface area (Å²) in [6.45, 7) is 1.50. The van der Waals surface area contributed by atoms with Gasteiger partial charge in [0.25, 0.3) is 5.91 Å². The first-order valence-corrected chi connectivity index (χ1v) is 10.4. The van der Waals surface area contributed by atoms with E-state index in [0.29, 0.717) is 35.9 Å². The lowest BCUT2D eigenvalue weighted by molar-refractivity contribution is -0.117. The Bertz CT molecular complexity index is 1090. The van der Waals surface area contributed by atoms with Gasteiger partial charge in [-0.05, 0) is 36.4 Å². The standard InChI is InChI=1S/C21H20N4O5S/c1-29-20(28)13-4-6-14(7-5-13)22-18(26)12-25-9-8-15-17(11-25)31-21(23-15)24-19(27)16-3-2-10-30-16/h2-7,10H,8-9,11-12H2,1H3,(H,22,26)(H,23,24,27). The van der Waals surface area contributed by atoms with Crippen LogP contribution in [0.4, 0.5) is 10.8 Å². The van der Waals surface area contributed by atoms with E-state index in [-0.39, 0.29) is 24.1 Å². The van der Waals surface area contributed by atoms with Crippen molar-refractivity contribution >= 4 is 39.9 Å². The van der Waals surface area contributed by atoms with Crippen LogP contribution < -0.4 is 10.6 Å². The molecule has 2 aromatic heterocycles. The van der Waals surface area contributed by atoms with Crippen LogP contribution in [-0.4, -0.2) is 47.9 Å². The van der Waals surface area contributed by atoms with Crippen LogP contribution in [0.3, 0.4) is 0 Å². The zero-order chi connectivity index (χ0) is 21.8. The number of aromatic nitrogens is 1. The summed E-state index contributed by atoms with van der Waals surface area (Å²) in [4.78, 5) is 43.6. The van der Waals surface area contributed by atoms with Crippen LogP contribution in [0.2, 0.25) is 0 Å². The molecule has 0 bridgehead atoms. The van der Waals surface area contributed by atoms with Gasteiger partial charge in [-0.3, -0.25) is 19.8 Å². The topological polar surface area (TPSA) is 114 Å². The number of thiazole rings is 1. The number of nitrogens with one attached hydrogen (secondary N) is 2. The smallest absolute Gasteiger partial charge is 0.337 e. The molecule has 9 nitrogen and oxygen atoms in total. The van der Waals surface area contributed by atoms with Crippen LogP contribution in [0, 0.1) is 0 Å². The Hall–Kier alpha value is -3.50. The summed E-state index contributed by atoms with van der Waals surface area (Å²) in [6.07, 6.45) is 2.14. The van der Waals surface area contributed by atoms with Crippen molar-refractivity contribution in [3.05, 3.63) is 64.6 Å². The number of furan rings is 1. The lowest BCUT2D eigenvalue weighted by Crippen LogP contribution is -2.36. The van der Waals surface area contributed by atoms with Gasteiger partial charge in [0.05, 0.1) is 31.2 Å². The fraction of sp³-hybridized carbons (Fsp3) is 0.238. The third kappa shape index (κ3) is 4.98. The van der Waals surface area contributed by atoms with Gasteiger partial charge in [0.15, 0.2) is 10.9 Å². The highest BCUT2D eigenvalue weighted by Crippen LogP contribution is 2.28. The van der Waals surface area contributed by atoms with E-state index in [0.717, 1.165) is 10.6 Å². The maximum atomic E-state index is 12.4. The Morgan fingerprint density at radius 3 is 2.71 bits per heavy atom. The van der Waals surface area contributed by atoms with Gasteiger partial charge in [-0.1, -0.05) is 0 Å². The van der Waals surface area contributed by atoms with E-state index >= 15 is 0 Å². The van der Waals surface area contributed by atoms with Gasteiger partial charge in [0.2, 0.25) is 5.91 Å². The fourth-order valence-corrected chi connectivity index (χ4v) is 4.26. The molecule has 1 aromatic carbocycles. The minimum atomic E-state index is -0.425. The molecule has 1 aliphatic heterocycles. The van der Waals surface area contributed by atoms with Crippen molar-refractivity contribution in [2.24, 2.45) is 0 Å². The molecule has 0 saturated carbocycles. The van der Waals surface area contributed by atoms with Crippen molar-refractivity contribution in [3.8, 4) is 0 Å². The molecular formula is C21H20N4O5S. The van der Waals surface area contributed by atoms with Gasteiger partial charge in [-0.15, -0.1) is 11.3 Å². The molecular weight excluding hydrogens is 420 g/mol. The van der Waals surface area contributed by atoms with E-state index in [1.165, 1.54) is 24.7 Å². The fourth-order valence-electron chi connectivity index (χ4n) is 3.21. The molecule has 0 aliphatic carbocycles. The summed E-state index contributed by atoms with van der Waals surface area (Å²) in [5, 5.41) is 6.10. The van der Waals surface area contributed by atoms with Crippen LogP contribution in [0.15, 0.2) is 47.1 Å². The van der Waals surface area contributed by atoms with Crippen LogP contribution in [0.5, 0.6) is 0 Å². The molecule has 0 saturated heterocycles. The van der Waals surface area contributed by atoms with Crippen molar-refractivity contribution in [2.45, 2.75) is 13.0 Å². The van der Waals surface area contributed by atoms with E-state index in [2.05, 4.69) is 20.4 Å². The first-order valence-electron chi connectivity index (χ1n) is 9.56. The Kier molecular flexibility index (Phi) is 6.10. The minimum Gasteiger partial charge on any atom is -0.465 e. The average molecular weight is 440 g/mol. The molecule has 160 valence electrons. The highest BCUT2D eigenvalue weighted by atomic mass is 32.1. The first kappa shape index (κ1) is 20.8. The van der Waals surface area contributed by atoms with Gasteiger partial charge in [0.1, 0.15) is 0 Å². The summed E-state index contributed by atoms with van der Waals surface area (Å²) in [5.41, 5.74) is 1.97. The molecule has 0 unspecified atom stereocenters. The van der Waals surface area contributed by atoms with Crippen LogP contribution >= 0.6 is 11.3 Å². The quantitative estimate of drug-likeness (QED) is 0.567. The third-order valence-electron chi connectivity index (χ3n) is 4.73. The van der Waals surface area contributed by atoms with Gasteiger partial charge >= 0.3 is 5.97 Å².